The molecule has 1 atom stereocenters. The number of anilines is 2. The first-order chi connectivity index (χ1) is 19.0. The monoisotopic (exact) mass is 557 g/mol. The Labute approximate surface area is 236 Å². The molecule has 9 nitrogen and oxygen atoms in total. The van der Waals surface area contributed by atoms with E-state index >= 15 is 4.39 Å². The van der Waals surface area contributed by atoms with Gasteiger partial charge in [-0.3, -0.25) is 14.9 Å². The zero-order valence-electron chi connectivity index (χ0n) is 24.1. The predicted molar refractivity (Wildman–Crippen MR) is 152 cm³/mol. The molecule has 3 amide bonds. The zero-order chi connectivity index (χ0) is 28.5. The summed E-state index contributed by atoms with van der Waals surface area (Å²) in [5, 5.41) is 8.41. The molecule has 3 N–H and O–H groups in total. The largest absolute Gasteiger partial charge is 0.444 e. The Bertz CT molecular complexity index is 1100. The number of piperidine rings is 3. The summed E-state index contributed by atoms with van der Waals surface area (Å²) < 4.78 is 20.4. The van der Waals surface area contributed by atoms with E-state index in [9.17, 15) is 14.4 Å². The third-order valence-corrected chi connectivity index (χ3v) is 9.00. The van der Waals surface area contributed by atoms with Gasteiger partial charge in [0.15, 0.2) is 0 Å². The third kappa shape index (κ3) is 7.06. The minimum Gasteiger partial charge on any atom is -0.444 e. The molecule has 3 saturated heterocycles. The van der Waals surface area contributed by atoms with E-state index in [1.54, 1.807) is 6.07 Å². The molecule has 1 aromatic carbocycles. The van der Waals surface area contributed by atoms with Gasteiger partial charge in [0, 0.05) is 37.8 Å². The summed E-state index contributed by atoms with van der Waals surface area (Å²) in [5.41, 5.74) is 1.05. The molecule has 1 aliphatic carbocycles. The quantitative estimate of drug-likeness (QED) is 0.454. The number of benzene rings is 1. The number of carbonyl (C=O) groups excluding carboxylic acids is 3. The van der Waals surface area contributed by atoms with Crippen molar-refractivity contribution in [3.05, 3.63) is 24.0 Å². The lowest BCUT2D eigenvalue weighted by Gasteiger charge is -2.52. The number of carbonyl (C=O) groups is 3. The normalized spacial score (nSPS) is 24.4. The Morgan fingerprint density at radius 3 is 2.42 bits per heavy atom. The van der Waals surface area contributed by atoms with Gasteiger partial charge in [0.2, 0.25) is 11.8 Å². The molecule has 10 heteroatoms. The maximum absolute atomic E-state index is 15.0. The number of hydrogen-bond acceptors (Lipinski definition) is 7. The van der Waals surface area contributed by atoms with Gasteiger partial charge < -0.3 is 25.2 Å². The van der Waals surface area contributed by atoms with Crippen LogP contribution in [0.4, 0.5) is 20.6 Å². The molecule has 3 heterocycles. The minimum atomic E-state index is -0.525. The fourth-order valence-corrected chi connectivity index (χ4v) is 6.79. The van der Waals surface area contributed by atoms with Gasteiger partial charge in [-0.2, -0.15) is 0 Å². The summed E-state index contributed by atoms with van der Waals surface area (Å²) in [5.74, 6) is -0.306. The maximum atomic E-state index is 15.0. The lowest BCUT2D eigenvalue weighted by atomic mass is 9.60. The summed E-state index contributed by atoms with van der Waals surface area (Å²) in [4.78, 5) is 40.1. The number of rotatable bonds is 6. The number of ether oxygens (including phenoxy) is 1. The summed E-state index contributed by atoms with van der Waals surface area (Å²) in [6, 6.07) is 4.75. The summed E-state index contributed by atoms with van der Waals surface area (Å²) in [6.07, 6.45) is 6.92. The molecule has 1 saturated carbocycles. The highest BCUT2D eigenvalue weighted by Gasteiger charge is 2.46. The van der Waals surface area contributed by atoms with Crippen molar-refractivity contribution in [3.63, 3.8) is 0 Å². The Morgan fingerprint density at radius 2 is 1.80 bits per heavy atom. The first-order valence-electron chi connectivity index (χ1n) is 14.8. The first-order valence-corrected chi connectivity index (χ1v) is 14.8. The van der Waals surface area contributed by atoms with Crippen LogP contribution < -0.4 is 20.9 Å². The summed E-state index contributed by atoms with van der Waals surface area (Å²) in [7, 11) is 0. The molecule has 1 spiro atoms. The molecule has 3 aliphatic heterocycles. The molecule has 5 rings (SSSR count). The zero-order valence-corrected chi connectivity index (χ0v) is 24.1. The Morgan fingerprint density at radius 1 is 1.10 bits per heavy atom. The van der Waals surface area contributed by atoms with Gasteiger partial charge in [0.25, 0.3) is 0 Å². The fraction of sp³-hybridized carbons (Fsp3) is 0.700. The molecule has 0 bridgehead atoms. The standard InChI is InChI=1S/C30H44FN5O4/c1-29(2,3)40-28(39)33-22-17-30(18-22)10-14-35(15-11-30)19-20-8-12-36(13-9-20)25-6-4-21(16-23(25)31)32-24-5-7-26(37)34-27(24)38/h4,6,16,20,22,24,32H,5,7-15,17-19H2,1-3H3,(H,33,39)(H,34,37,38). The van der Waals surface area contributed by atoms with Crippen LogP contribution >= 0.6 is 0 Å². The third-order valence-electron chi connectivity index (χ3n) is 9.00. The van der Waals surface area contributed by atoms with Crippen molar-refractivity contribution in [2.24, 2.45) is 11.3 Å². The van der Waals surface area contributed by atoms with Crippen molar-refractivity contribution < 1.29 is 23.5 Å². The lowest BCUT2D eigenvalue weighted by molar-refractivity contribution is -0.133. The van der Waals surface area contributed by atoms with Crippen LogP contribution in [0.1, 0.15) is 72.1 Å². The number of amides is 3. The molecule has 4 fully saturated rings. The maximum Gasteiger partial charge on any atom is 0.407 e. The molecule has 1 aromatic rings. The van der Waals surface area contributed by atoms with Crippen molar-refractivity contribution in [3.8, 4) is 0 Å². The van der Waals surface area contributed by atoms with Crippen LogP contribution in [0.25, 0.3) is 0 Å². The van der Waals surface area contributed by atoms with E-state index < -0.39 is 11.6 Å². The SMILES string of the molecule is CC(C)(C)OC(=O)NC1CC2(CCN(CC3CCN(c4ccc(NC5CCC(=O)NC5=O)cc4F)CC3)CC2)C1. The van der Waals surface area contributed by atoms with Gasteiger partial charge in [0.05, 0.1) is 5.69 Å². The van der Waals surface area contributed by atoms with Crippen LogP contribution in [0.3, 0.4) is 0 Å². The van der Waals surface area contributed by atoms with Crippen molar-refractivity contribution in [2.75, 3.05) is 42.9 Å². The highest BCUT2D eigenvalue weighted by molar-refractivity contribution is 6.01. The van der Waals surface area contributed by atoms with Gasteiger partial charge >= 0.3 is 6.09 Å². The number of likely N-dealkylation sites (tertiary alicyclic amines) is 1. The minimum absolute atomic E-state index is 0.230. The molecule has 40 heavy (non-hydrogen) atoms. The van der Waals surface area contributed by atoms with E-state index in [2.05, 4.69) is 25.8 Å². The second-order valence-corrected chi connectivity index (χ2v) is 13.3. The molecule has 220 valence electrons. The van der Waals surface area contributed by atoms with Crippen LogP contribution in [-0.2, 0) is 14.3 Å². The van der Waals surface area contributed by atoms with Crippen molar-refractivity contribution in [2.45, 2.75) is 89.8 Å². The van der Waals surface area contributed by atoms with E-state index in [0.717, 1.165) is 58.4 Å². The summed E-state index contributed by atoms with van der Waals surface area (Å²) >= 11 is 0. The molecule has 4 aliphatic rings. The van der Waals surface area contributed by atoms with Crippen LogP contribution in [0.5, 0.6) is 0 Å². The van der Waals surface area contributed by atoms with Crippen LogP contribution in [0, 0.1) is 17.2 Å². The van der Waals surface area contributed by atoms with Gasteiger partial charge in [-0.15, -0.1) is 0 Å². The van der Waals surface area contributed by atoms with Gasteiger partial charge in [-0.05, 0) is 108 Å². The topological polar surface area (TPSA) is 103 Å². The number of hydrogen-bond donors (Lipinski definition) is 3. The molecule has 0 aromatic heterocycles. The summed E-state index contributed by atoms with van der Waals surface area (Å²) in [6.45, 7) is 10.6. The van der Waals surface area contributed by atoms with Gasteiger partial charge in [-0.1, -0.05) is 0 Å². The van der Waals surface area contributed by atoms with Crippen LogP contribution in [0.2, 0.25) is 0 Å². The number of nitrogens with zero attached hydrogens (tertiary/aromatic N) is 2. The van der Waals surface area contributed by atoms with Crippen molar-refractivity contribution in [1.82, 2.24) is 15.5 Å². The lowest BCUT2D eigenvalue weighted by Crippen LogP contribution is -2.55. The average molecular weight is 558 g/mol. The van der Waals surface area contributed by atoms with E-state index in [1.807, 2.05) is 26.8 Å². The Kier molecular flexibility index (Phi) is 8.27. The van der Waals surface area contributed by atoms with Gasteiger partial charge in [0.1, 0.15) is 17.5 Å². The highest BCUT2D eigenvalue weighted by Crippen LogP contribution is 2.49. The second kappa shape index (κ2) is 11.5. The van der Waals surface area contributed by atoms with E-state index in [4.69, 9.17) is 4.74 Å². The second-order valence-electron chi connectivity index (χ2n) is 13.3. The average Bonchev–Trinajstić information content (AvgIpc) is 2.86. The Balaban J connectivity index is 1.02. The van der Waals surface area contributed by atoms with Crippen molar-refractivity contribution in [1.29, 1.82) is 0 Å². The smallest absolute Gasteiger partial charge is 0.407 e. The number of imide groups is 1. The molecule has 1 unspecified atom stereocenters. The van der Waals surface area contributed by atoms with E-state index in [-0.39, 0.29) is 36.2 Å². The van der Waals surface area contributed by atoms with Crippen LogP contribution in [-0.4, -0.2) is 73.2 Å². The number of nitrogens with one attached hydrogen (secondary N) is 3. The van der Waals surface area contributed by atoms with E-state index in [0.29, 0.717) is 29.1 Å². The van der Waals surface area contributed by atoms with Crippen LogP contribution in [0.15, 0.2) is 18.2 Å². The van der Waals surface area contributed by atoms with Crippen molar-refractivity contribution >= 4 is 29.3 Å². The number of halogens is 1. The van der Waals surface area contributed by atoms with E-state index in [1.165, 1.54) is 18.9 Å². The molecular weight excluding hydrogens is 513 g/mol. The molecular formula is C30H44FN5O4. The first kappa shape index (κ1) is 28.6. The number of alkyl carbamates (subject to hydrolysis) is 1. The molecule has 0 radical (unpaired) electrons. The fourth-order valence-electron chi connectivity index (χ4n) is 6.79. The Hall–Kier alpha value is -2.88. The highest BCUT2D eigenvalue weighted by atomic mass is 19.1. The van der Waals surface area contributed by atoms with Gasteiger partial charge in [-0.25, -0.2) is 9.18 Å². The predicted octanol–water partition coefficient (Wildman–Crippen LogP) is 4.03.